The topological polar surface area (TPSA) is 48.1 Å². The number of nitrogens with two attached hydrogens (primary N) is 1. The van der Waals surface area contributed by atoms with Crippen LogP contribution < -0.4 is 10.5 Å². The predicted octanol–water partition coefficient (Wildman–Crippen LogP) is 3.26. The van der Waals surface area contributed by atoms with Crippen LogP contribution in [0.1, 0.15) is 18.5 Å². The van der Waals surface area contributed by atoms with Gasteiger partial charge in [-0.3, -0.25) is 0 Å². The molecule has 0 aliphatic carbocycles. The average Bonchev–Trinajstić information content (AvgIpc) is 2.39. The predicted molar refractivity (Wildman–Crippen MR) is 74.0 cm³/mol. The lowest BCUT2D eigenvalue weighted by atomic mass is 10.1. The second-order valence-electron chi connectivity index (χ2n) is 3.93. The van der Waals surface area contributed by atoms with Crippen LogP contribution in [0.5, 0.6) is 5.75 Å². The molecule has 1 aromatic carbocycles. The van der Waals surface area contributed by atoms with Crippen LogP contribution in [0.2, 0.25) is 0 Å². The molecule has 0 aliphatic heterocycles. The van der Waals surface area contributed by atoms with E-state index in [2.05, 4.69) is 4.98 Å². The summed E-state index contributed by atoms with van der Waals surface area (Å²) in [5, 5.41) is 0.952. The highest BCUT2D eigenvalue weighted by Gasteiger charge is 2.14. The molecule has 2 aromatic rings. The summed E-state index contributed by atoms with van der Waals surface area (Å²) in [7, 11) is 1.66. The van der Waals surface area contributed by atoms with Gasteiger partial charge in [-0.2, -0.15) is 0 Å². The van der Waals surface area contributed by atoms with E-state index >= 15 is 0 Å². The van der Waals surface area contributed by atoms with Crippen LogP contribution >= 0.6 is 11.8 Å². The molecule has 3 nitrogen and oxygen atoms in total. The molecule has 18 heavy (non-hydrogen) atoms. The monoisotopic (exact) mass is 260 g/mol. The Bertz CT molecular complexity index is 514. The van der Waals surface area contributed by atoms with Crippen molar-refractivity contribution in [3.05, 3.63) is 48.2 Å². The number of nitrogens with zero attached hydrogens (tertiary/aromatic N) is 1. The fourth-order valence-corrected chi connectivity index (χ4v) is 2.79. The standard InChI is InChI=1S/C14H16N2OS/c1-10(15)14-11(17-2)6-5-7-12(14)18-13-8-3-4-9-16-13/h3-10H,15H2,1-2H3/t10-/m0/s1. The molecule has 0 aliphatic rings. The van der Waals surface area contributed by atoms with Gasteiger partial charge in [0.25, 0.3) is 0 Å². The number of rotatable bonds is 4. The van der Waals surface area contributed by atoms with Crippen molar-refractivity contribution in [3.8, 4) is 5.75 Å². The van der Waals surface area contributed by atoms with Crippen LogP contribution in [0, 0.1) is 0 Å². The first kappa shape index (κ1) is 12.9. The van der Waals surface area contributed by atoms with E-state index < -0.39 is 0 Å². The zero-order valence-electron chi connectivity index (χ0n) is 10.5. The second-order valence-corrected chi connectivity index (χ2v) is 4.99. The van der Waals surface area contributed by atoms with Crippen molar-refractivity contribution in [2.24, 2.45) is 5.73 Å². The van der Waals surface area contributed by atoms with Crippen molar-refractivity contribution >= 4 is 11.8 Å². The van der Waals surface area contributed by atoms with Crippen LogP contribution in [0.15, 0.2) is 52.5 Å². The highest BCUT2D eigenvalue weighted by molar-refractivity contribution is 7.99. The summed E-state index contributed by atoms with van der Waals surface area (Å²) in [5.41, 5.74) is 7.05. The SMILES string of the molecule is COc1cccc(Sc2ccccn2)c1[C@H](C)N. The number of pyridine rings is 1. The Kier molecular flexibility index (Phi) is 4.23. The minimum Gasteiger partial charge on any atom is -0.496 e. The number of aromatic nitrogens is 1. The summed E-state index contributed by atoms with van der Waals surface area (Å²) >= 11 is 1.60. The van der Waals surface area contributed by atoms with E-state index in [9.17, 15) is 0 Å². The highest BCUT2D eigenvalue weighted by Crippen LogP contribution is 2.36. The molecule has 1 heterocycles. The Morgan fingerprint density at radius 3 is 2.67 bits per heavy atom. The number of ether oxygens (including phenoxy) is 1. The van der Waals surface area contributed by atoms with Crippen LogP contribution in [0.25, 0.3) is 0 Å². The summed E-state index contributed by atoms with van der Waals surface area (Å²) in [6.07, 6.45) is 1.79. The molecular weight excluding hydrogens is 244 g/mol. The zero-order valence-corrected chi connectivity index (χ0v) is 11.3. The number of benzene rings is 1. The minimum atomic E-state index is -0.0765. The molecule has 0 amide bonds. The summed E-state index contributed by atoms with van der Waals surface area (Å²) in [6, 6.07) is 11.7. The van der Waals surface area contributed by atoms with Crippen LogP contribution in [-0.2, 0) is 0 Å². The first-order chi connectivity index (χ1) is 8.72. The maximum atomic E-state index is 6.03. The molecule has 1 aromatic heterocycles. The Morgan fingerprint density at radius 2 is 2.06 bits per heavy atom. The lowest BCUT2D eigenvalue weighted by Gasteiger charge is -2.16. The van der Waals surface area contributed by atoms with Gasteiger partial charge in [0.1, 0.15) is 10.8 Å². The molecule has 0 bridgehead atoms. The van der Waals surface area contributed by atoms with Crippen LogP contribution in [-0.4, -0.2) is 12.1 Å². The molecule has 0 saturated carbocycles. The van der Waals surface area contributed by atoms with Crippen molar-refractivity contribution in [1.29, 1.82) is 0 Å². The van der Waals surface area contributed by atoms with Gasteiger partial charge in [0, 0.05) is 22.7 Å². The average molecular weight is 260 g/mol. The molecule has 94 valence electrons. The van der Waals surface area contributed by atoms with Crippen molar-refractivity contribution < 1.29 is 4.74 Å². The Balaban J connectivity index is 2.38. The molecule has 0 radical (unpaired) electrons. The van der Waals surface area contributed by atoms with Crippen molar-refractivity contribution in [1.82, 2.24) is 4.98 Å². The minimum absolute atomic E-state index is 0.0765. The molecule has 2 N–H and O–H groups in total. The second kappa shape index (κ2) is 5.89. The van der Waals surface area contributed by atoms with Crippen LogP contribution in [0.3, 0.4) is 0 Å². The quantitative estimate of drug-likeness (QED) is 0.916. The van der Waals surface area contributed by atoms with Gasteiger partial charge in [-0.05, 0) is 31.2 Å². The number of hydrogen-bond acceptors (Lipinski definition) is 4. The smallest absolute Gasteiger partial charge is 0.124 e. The fourth-order valence-electron chi connectivity index (χ4n) is 1.76. The molecule has 0 unspecified atom stereocenters. The van der Waals surface area contributed by atoms with Gasteiger partial charge < -0.3 is 10.5 Å². The molecule has 2 rings (SSSR count). The highest BCUT2D eigenvalue weighted by atomic mass is 32.2. The third-order valence-electron chi connectivity index (χ3n) is 2.55. The summed E-state index contributed by atoms with van der Waals surface area (Å²) in [6.45, 7) is 1.96. The fraction of sp³-hybridized carbons (Fsp3) is 0.214. The van der Waals surface area contributed by atoms with Gasteiger partial charge in [0.2, 0.25) is 0 Å². The normalized spacial score (nSPS) is 12.2. The Morgan fingerprint density at radius 1 is 1.22 bits per heavy atom. The van der Waals surface area contributed by atoms with Gasteiger partial charge in [0.15, 0.2) is 0 Å². The van der Waals surface area contributed by atoms with Gasteiger partial charge in [0.05, 0.1) is 7.11 Å². The number of methoxy groups -OCH3 is 1. The molecule has 0 fully saturated rings. The third-order valence-corrected chi connectivity index (χ3v) is 3.58. The van der Waals surface area contributed by atoms with E-state index in [0.29, 0.717) is 0 Å². The maximum absolute atomic E-state index is 6.03. The van der Waals surface area contributed by atoms with Crippen molar-refractivity contribution in [2.45, 2.75) is 22.9 Å². The van der Waals surface area contributed by atoms with E-state index in [4.69, 9.17) is 10.5 Å². The van der Waals surface area contributed by atoms with E-state index in [1.54, 1.807) is 25.1 Å². The van der Waals surface area contributed by atoms with Crippen molar-refractivity contribution in [2.75, 3.05) is 7.11 Å². The van der Waals surface area contributed by atoms with Crippen molar-refractivity contribution in [3.63, 3.8) is 0 Å². The Labute approximate surface area is 111 Å². The van der Waals surface area contributed by atoms with Crippen LogP contribution in [0.4, 0.5) is 0 Å². The molecule has 4 heteroatoms. The Hall–Kier alpha value is -1.52. The van der Waals surface area contributed by atoms with Gasteiger partial charge in [-0.1, -0.05) is 23.9 Å². The molecule has 1 atom stereocenters. The summed E-state index contributed by atoms with van der Waals surface area (Å²) < 4.78 is 5.37. The van der Waals surface area contributed by atoms with E-state index in [-0.39, 0.29) is 6.04 Å². The summed E-state index contributed by atoms with van der Waals surface area (Å²) in [4.78, 5) is 5.40. The maximum Gasteiger partial charge on any atom is 0.124 e. The molecule has 0 saturated heterocycles. The lowest BCUT2D eigenvalue weighted by molar-refractivity contribution is 0.405. The molecule has 0 spiro atoms. The first-order valence-corrected chi connectivity index (χ1v) is 6.55. The third kappa shape index (κ3) is 2.83. The van der Waals surface area contributed by atoms with E-state index in [0.717, 1.165) is 21.2 Å². The summed E-state index contributed by atoms with van der Waals surface area (Å²) in [5.74, 6) is 0.825. The van der Waals surface area contributed by atoms with E-state index in [1.807, 2.05) is 43.3 Å². The first-order valence-electron chi connectivity index (χ1n) is 5.73. The molecular formula is C14H16N2OS. The van der Waals surface area contributed by atoms with Gasteiger partial charge >= 0.3 is 0 Å². The number of hydrogen-bond donors (Lipinski definition) is 1. The zero-order chi connectivity index (χ0) is 13.0. The van der Waals surface area contributed by atoms with Gasteiger partial charge in [-0.15, -0.1) is 0 Å². The lowest BCUT2D eigenvalue weighted by Crippen LogP contribution is -2.08. The van der Waals surface area contributed by atoms with E-state index in [1.165, 1.54) is 0 Å². The largest absolute Gasteiger partial charge is 0.496 e. The van der Waals surface area contributed by atoms with Gasteiger partial charge in [-0.25, -0.2) is 4.98 Å².